The van der Waals surface area contributed by atoms with Crippen molar-refractivity contribution in [2.24, 2.45) is 28.6 Å². The Bertz CT molecular complexity index is 769. The Morgan fingerprint density at radius 2 is 1.74 bits per heavy atom. The first-order valence-corrected chi connectivity index (χ1v) is 10.4. The number of ether oxygens (including phenoxy) is 2. The second-order valence-electron chi connectivity index (χ2n) is 9.85. The molecule has 0 aromatic rings. The molecule has 0 aromatic heterocycles. The SMILES string of the molecule is C[C@]12CCC(=O)C=C1CC[C@@H]1[C@@H]2CC[C@@]2(C)[C@H]1CCC21OC(=O)OCC1=O. The Morgan fingerprint density at radius 1 is 0.963 bits per heavy atom. The van der Waals surface area contributed by atoms with Crippen molar-refractivity contribution in [1.29, 1.82) is 0 Å². The number of fused-ring (bicyclic) bond motifs is 6. The number of rotatable bonds is 0. The Morgan fingerprint density at radius 3 is 2.56 bits per heavy atom. The highest BCUT2D eigenvalue weighted by Gasteiger charge is 2.69. The molecule has 0 aromatic carbocycles. The molecule has 146 valence electrons. The standard InChI is InChI=1S/C22H28O5/c1-20-8-5-14(23)11-13(20)3-4-15-16(20)6-9-21(2)17(15)7-10-22(21)18(24)12-26-19(25)27-22/h11,15-17H,3-10,12H2,1-2H3/t15-,16+,17+,20+,21+,22?/m1/s1. The van der Waals surface area contributed by atoms with Crippen molar-refractivity contribution in [2.75, 3.05) is 6.61 Å². The molecule has 1 aliphatic heterocycles. The number of hydrogen-bond acceptors (Lipinski definition) is 5. The summed E-state index contributed by atoms with van der Waals surface area (Å²) in [6.07, 6.45) is 8.40. The third kappa shape index (κ3) is 2.09. The van der Waals surface area contributed by atoms with E-state index in [0.29, 0.717) is 30.6 Å². The molecular weight excluding hydrogens is 344 g/mol. The minimum atomic E-state index is -0.989. The monoisotopic (exact) mass is 372 g/mol. The molecule has 1 unspecified atom stereocenters. The van der Waals surface area contributed by atoms with Gasteiger partial charge in [0.1, 0.15) is 0 Å². The molecule has 4 fully saturated rings. The number of allylic oxidation sites excluding steroid dienone is 1. The van der Waals surface area contributed by atoms with Crippen molar-refractivity contribution < 1.29 is 23.9 Å². The second-order valence-corrected chi connectivity index (χ2v) is 9.85. The van der Waals surface area contributed by atoms with Gasteiger partial charge in [0.05, 0.1) is 0 Å². The van der Waals surface area contributed by atoms with Gasteiger partial charge in [-0.2, -0.15) is 0 Å². The summed E-state index contributed by atoms with van der Waals surface area (Å²) in [5.74, 6) is 1.71. The highest BCUT2D eigenvalue weighted by atomic mass is 16.7. The molecule has 4 aliphatic carbocycles. The number of carbonyl (C=O) groups is 3. The first kappa shape index (κ1) is 17.4. The predicted octanol–water partition coefficient (Wildman–Crippen LogP) is 3.99. The summed E-state index contributed by atoms with van der Waals surface area (Å²) in [5, 5.41) is 0. The molecule has 5 heteroatoms. The van der Waals surface area contributed by atoms with Crippen LogP contribution in [0.1, 0.15) is 65.2 Å². The largest absolute Gasteiger partial charge is 0.509 e. The molecule has 1 spiro atoms. The Kier molecular flexibility index (Phi) is 3.52. The molecule has 0 N–H and O–H groups in total. The van der Waals surface area contributed by atoms with Crippen LogP contribution in [0.2, 0.25) is 0 Å². The van der Waals surface area contributed by atoms with Gasteiger partial charge in [-0.05, 0) is 74.2 Å². The van der Waals surface area contributed by atoms with Gasteiger partial charge < -0.3 is 9.47 Å². The van der Waals surface area contributed by atoms with E-state index in [1.165, 1.54) is 5.57 Å². The summed E-state index contributed by atoms with van der Waals surface area (Å²) in [4.78, 5) is 36.7. The molecule has 0 amide bonds. The highest BCUT2D eigenvalue weighted by molar-refractivity contribution is 5.94. The van der Waals surface area contributed by atoms with Gasteiger partial charge >= 0.3 is 6.16 Å². The van der Waals surface area contributed by atoms with Gasteiger partial charge in [0.15, 0.2) is 18.0 Å². The van der Waals surface area contributed by atoms with Crippen molar-refractivity contribution in [3.63, 3.8) is 0 Å². The zero-order valence-electron chi connectivity index (χ0n) is 16.2. The van der Waals surface area contributed by atoms with E-state index in [9.17, 15) is 14.4 Å². The van der Waals surface area contributed by atoms with Crippen LogP contribution in [-0.2, 0) is 19.1 Å². The smallest absolute Gasteiger partial charge is 0.426 e. The van der Waals surface area contributed by atoms with Gasteiger partial charge in [0.25, 0.3) is 0 Å². The first-order valence-electron chi connectivity index (χ1n) is 10.4. The zero-order chi connectivity index (χ0) is 19.0. The van der Waals surface area contributed by atoms with Gasteiger partial charge in [-0.25, -0.2) is 4.79 Å². The maximum Gasteiger partial charge on any atom is 0.509 e. The zero-order valence-corrected chi connectivity index (χ0v) is 16.2. The normalized spacial score (nSPS) is 48.9. The van der Waals surface area contributed by atoms with E-state index in [1.807, 2.05) is 6.08 Å². The van der Waals surface area contributed by atoms with Crippen LogP contribution >= 0.6 is 0 Å². The van der Waals surface area contributed by atoms with Gasteiger partial charge in [0.2, 0.25) is 5.78 Å². The summed E-state index contributed by atoms with van der Waals surface area (Å²) in [5.41, 5.74) is 0.180. The van der Waals surface area contributed by atoms with Crippen LogP contribution in [0.25, 0.3) is 0 Å². The van der Waals surface area contributed by atoms with Gasteiger partial charge in [-0.1, -0.05) is 19.4 Å². The van der Waals surface area contributed by atoms with Crippen LogP contribution in [0.15, 0.2) is 11.6 Å². The molecule has 5 aliphatic rings. The molecule has 0 radical (unpaired) electrons. The minimum absolute atomic E-state index is 0.0589. The third-order valence-corrected chi connectivity index (χ3v) is 9.11. The fourth-order valence-electron chi connectivity index (χ4n) is 7.65. The fourth-order valence-corrected chi connectivity index (χ4v) is 7.65. The molecule has 3 saturated carbocycles. The molecule has 6 atom stereocenters. The van der Waals surface area contributed by atoms with E-state index in [1.54, 1.807) is 0 Å². The third-order valence-electron chi connectivity index (χ3n) is 9.11. The Balaban J connectivity index is 1.51. The fraction of sp³-hybridized carbons (Fsp3) is 0.773. The lowest BCUT2D eigenvalue weighted by atomic mass is 9.46. The van der Waals surface area contributed by atoms with Crippen molar-refractivity contribution in [1.82, 2.24) is 0 Å². The van der Waals surface area contributed by atoms with E-state index < -0.39 is 11.8 Å². The predicted molar refractivity (Wildman–Crippen MR) is 96.9 cm³/mol. The van der Waals surface area contributed by atoms with E-state index in [0.717, 1.165) is 38.5 Å². The summed E-state index contributed by atoms with van der Waals surface area (Å²) in [6.45, 7) is 4.38. The molecule has 27 heavy (non-hydrogen) atoms. The van der Waals surface area contributed by atoms with Gasteiger partial charge in [0, 0.05) is 11.8 Å². The summed E-state index contributed by atoms with van der Waals surface area (Å²) >= 11 is 0. The van der Waals surface area contributed by atoms with E-state index >= 15 is 0 Å². The van der Waals surface area contributed by atoms with E-state index in [-0.39, 0.29) is 29.0 Å². The average molecular weight is 372 g/mol. The summed E-state index contributed by atoms with van der Waals surface area (Å²) < 4.78 is 10.5. The highest BCUT2D eigenvalue weighted by Crippen LogP contribution is 2.68. The number of Topliss-reactive ketones (excluding diaryl/α,β-unsaturated/α-hetero) is 1. The molecule has 5 nitrogen and oxygen atoms in total. The summed E-state index contributed by atoms with van der Waals surface area (Å²) in [6, 6.07) is 0. The molecule has 1 saturated heterocycles. The lowest BCUT2D eigenvalue weighted by Gasteiger charge is -2.59. The van der Waals surface area contributed by atoms with Crippen LogP contribution in [-0.4, -0.2) is 29.9 Å². The van der Waals surface area contributed by atoms with Gasteiger partial charge in [-0.15, -0.1) is 0 Å². The molecular formula is C22H28O5. The van der Waals surface area contributed by atoms with Crippen molar-refractivity contribution in [3.8, 4) is 0 Å². The van der Waals surface area contributed by atoms with E-state index in [2.05, 4.69) is 13.8 Å². The van der Waals surface area contributed by atoms with E-state index in [4.69, 9.17) is 9.47 Å². The number of hydrogen-bond donors (Lipinski definition) is 0. The lowest BCUT2D eigenvalue weighted by molar-refractivity contribution is -0.182. The maximum atomic E-state index is 12.9. The maximum absolute atomic E-state index is 12.9. The first-order chi connectivity index (χ1) is 12.8. The molecule has 5 rings (SSSR count). The Labute approximate surface area is 159 Å². The van der Waals surface area contributed by atoms with Crippen LogP contribution in [0.5, 0.6) is 0 Å². The number of ketones is 2. The number of carbonyl (C=O) groups excluding carboxylic acids is 3. The van der Waals surface area contributed by atoms with Crippen molar-refractivity contribution in [3.05, 3.63) is 11.6 Å². The summed E-state index contributed by atoms with van der Waals surface area (Å²) in [7, 11) is 0. The van der Waals surface area contributed by atoms with Crippen LogP contribution < -0.4 is 0 Å². The molecule has 1 heterocycles. The second kappa shape index (κ2) is 5.45. The van der Waals surface area contributed by atoms with Crippen LogP contribution in [0.3, 0.4) is 0 Å². The topological polar surface area (TPSA) is 69.7 Å². The van der Waals surface area contributed by atoms with Crippen LogP contribution in [0, 0.1) is 28.6 Å². The molecule has 0 bridgehead atoms. The van der Waals surface area contributed by atoms with Gasteiger partial charge in [-0.3, -0.25) is 9.59 Å². The van der Waals surface area contributed by atoms with Crippen molar-refractivity contribution >= 4 is 17.7 Å². The van der Waals surface area contributed by atoms with Crippen molar-refractivity contribution in [2.45, 2.75) is 70.8 Å². The average Bonchev–Trinajstić information content (AvgIpc) is 2.92. The quantitative estimate of drug-likeness (QED) is 0.601. The Hall–Kier alpha value is -1.65. The van der Waals surface area contributed by atoms with Crippen LogP contribution in [0.4, 0.5) is 4.79 Å². The lowest BCUT2D eigenvalue weighted by Crippen LogP contribution is -2.61. The minimum Gasteiger partial charge on any atom is -0.426 e. The number of cyclic esters (lactones) is 1.